The average Bonchev–Trinajstić information content (AvgIpc) is 2.69. The molecule has 0 spiro atoms. The van der Waals surface area contributed by atoms with E-state index in [0.29, 0.717) is 5.92 Å². The van der Waals surface area contributed by atoms with Gasteiger partial charge in [-0.15, -0.1) is 0 Å². The predicted molar refractivity (Wildman–Crippen MR) is 59.7 cm³/mol. The monoisotopic (exact) mass is 205 g/mol. The van der Waals surface area contributed by atoms with Crippen molar-refractivity contribution in [2.24, 2.45) is 11.7 Å². The largest absolute Gasteiger partial charge is 0.330 e. The van der Waals surface area contributed by atoms with Crippen LogP contribution in [-0.4, -0.2) is 16.3 Å². The fourth-order valence-electron chi connectivity index (χ4n) is 2.86. The topological polar surface area (TPSA) is 43.8 Å². The lowest BCUT2D eigenvalue weighted by Crippen LogP contribution is -2.27. The summed E-state index contributed by atoms with van der Waals surface area (Å²) >= 11 is 0. The first kappa shape index (κ1) is 9.40. The van der Waals surface area contributed by atoms with Crippen molar-refractivity contribution in [1.29, 1.82) is 0 Å². The molecule has 0 amide bonds. The van der Waals surface area contributed by atoms with Gasteiger partial charge >= 0.3 is 0 Å². The van der Waals surface area contributed by atoms with Crippen LogP contribution in [0.25, 0.3) is 0 Å². The highest BCUT2D eigenvalue weighted by Gasteiger charge is 2.30. The SMILES string of the molecule is NCC(c1cc2n(n1)CCC2)C1CCC1. The fraction of sp³-hybridized carbons (Fsp3) is 0.750. The highest BCUT2D eigenvalue weighted by atomic mass is 15.3. The van der Waals surface area contributed by atoms with Crippen molar-refractivity contribution in [2.45, 2.75) is 44.6 Å². The van der Waals surface area contributed by atoms with Crippen LogP contribution in [0, 0.1) is 5.92 Å². The Balaban J connectivity index is 1.83. The van der Waals surface area contributed by atoms with E-state index in [2.05, 4.69) is 10.7 Å². The van der Waals surface area contributed by atoms with Gasteiger partial charge in [-0.1, -0.05) is 6.42 Å². The minimum Gasteiger partial charge on any atom is -0.330 e. The molecule has 1 atom stereocenters. The molecule has 1 aliphatic carbocycles. The Labute approximate surface area is 90.7 Å². The second-order valence-electron chi connectivity index (χ2n) is 4.92. The summed E-state index contributed by atoms with van der Waals surface area (Å²) in [6.07, 6.45) is 6.55. The lowest BCUT2D eigenvalue weighted by Gasteiger charge is -2.32. The molecule has 1 unspecified atom stereocenters. The third-order valence-corrected chi connectivity index (χ3v) is 4.04. The Bertz CT molecular complexity index is 330. The smallest absolute Gasteiger partial charge is 0.0673 e. The number of hydrogen-bond acceptors (Lipinski definition) is 2. The summed E-state index contributed by atoms with van der Waals surface area (Å²) in [5.74, 6) is 1.34. The molecule has 2 heterocycles. The van der Waals surface area contributed by atoms with E-state index in [-0.39, 0.29) is 0 Å². The lowest BCUT2D eigenvalue weighted by atomic mass is 9.74. The van der Waals surface area contributed by atoms with Crippen LogP contribution < -0.4 is 5.73 Å². The third-order valence-electron chi connectivity index (χ3n) is 4.04. The summed E-state index contributed by atoms with van der Waals surface area (Å²) in [7, 11) is 0. The highest BCUT2D eigenvalue weighted by Crippen LogP contribution is 2.38. The normalized spacial score (nSPS) is 22.5. The first-order valence-corrected chi connectivity index (χ1v) is 6.15. The second-order valence-corrected chi connectivity index (χ2v) is 4.92. The van der Waals surface area contributed by atoms with Gasteiger partial charge in [-0.3, -0.25) is 4.68 Å². The lowest BCUT2D eigenvalue weighted by molar-refractivity contribution is 0.260. The minimum atomic E-state index is 0.525. The predicted octanol–water partition coefficient (Wildman–Crippen LogP) is 1.67. The number of rotatable bonds is 3. The van der Waals surface area contributed by atoms with Gasteiger partial charge in [-0.25, -0.2) is 0 Å². The van der Waals surface area contributed by atoms with Gasteiger partial charge < -0.3 is 5.73 Å². The van der Waals surface area contributed by atoms with Crippen molar-refractivity contribution >= 4 is 0 Å². The first-order chi connectivity index (χ1) is 7.38. The van der Waals surface area contributed by atoms with Crippen LogP contribution in [0.15, 0.2) is 6.07 Å². The number of hydrogen-bond donors (Lipinski definition) is 1. The molecule has 3 rings (SSSR count). The molecule has 2 N–H and O–H groups in total. The van der Waals surface area contributed by atoms with Crippen molar-refractivity contribution in [2.75, 3.05) is 6.54 Å². The zero-order valence-corrected chi connectivity index (χ0v) is 9.15. The Kier molecular flexibility index (Phi) is 2.28. The maximum absolute atomic E-state index is 5.88. The summed E-state index contributed by atoms with van der Waals surface area (Å²) < 4.78 is 2.18. The first-order valence-electron chi connectivity index (χ1n) is 6.15. The van der Waals surface area contributed by atoms with Gasteiger partial charge in [-0.2, -0.15) is 5.10 Å². The molecule has 1 saturated carbocycles. The molecule has 0 aromatic carbocycles. The summed E-state index contributed by atoms with van der Waals surface area (Å²) in [5, 5.41) is 4.70. The number of fused-ring (bicyclic) bond motifs is 1. The standard InChI is InChI=1S/C12H19N3/c13-8-11(9-3-1-4-9)12-7-10-5-2-6-15(10)14-12/h7,9,11H,1-6,8,13H2. The molecule has 1 fully saturated rings. The number of nitrogens with zero attached hydrogens (tertiary/aromatic N) is 2. The molecule has 15 heavy (non-hydrogen) atoms. The van der Waals surface area contributed by atoms with E-state index in [4.69, 9.17) is 10.8 Å². The van der Waals surface area contributed by atoms with Crippen LogP contribution in [0.5, 0.6) is 0 Å². The quantitative estimate of drug-likeness (QED) is 0.815. The van der Waals surface area contributed by atoms with Crippen molar-refractivity contribution in [1.82, 2.24) is 9.78 Å². The van der Waals surface area contributed by atoms with Gasteiger partial charge in [-0.05, 0) is 37.7 Å². The molecule has 0 bridgehead atoms. The molecule has 3 nitrogen and oxygen atoms in total. The zero-order chi connectivity index (χ0) is 10.3. The van der Waals surface area contributed by atoms with E-state index in [1.165, 1.54) is 43.5 Å². The summed E-state index contributed by atoms with van der Waals surface area (Å²) in [6, 6.07) is 2.29. The van der Waals surface area contributed by atoms with E-state index >= 15 is 0 Å². The Hall–Kier alpha value is -0.830. The molecule has 2 aliphatic rings. The molecular weight excluding hydrogens is 186 g/mol. The number of aromatic nitrogens is 2. The van der Waals surface area contributed by atoms with Gasteiger partial charge in [0.2, 0.25) is 0 Å². The highest BCUT2D eigenvalue weighted by molar-refractivity contribution is 5.18. The van der Waals surface area contributed by atoms with E-state index in [9.17, 15) is 0 Å². The summed E-state index contributed by atoms with van der Waals surface area (Å²) in [4.78, 5) is 0. The van der Waals surface area contributed by atoms with Crippen LogP contribution in [0.1, 0.15) is 43.0 Å². The molecule has 0 saturated heterocycles. The minimum absolute atomic E-state index is 0.525. The van der Waals surface area contributed by atoms with Crippen molar-refractivity contribution in [3.8, 4) is 0 Å². The summed E-state index contributed by atoms with van der Waals surface area (Å²) in [5.41, 5.74) is 8.56. The average molecular weight is 205 g/mol. The van der Waals surface area contributed by atoms with Crippen LogP contribution in [0.3, 0.4) is 0 Å². The maximum Gasteiger partial charge on any atom is 0.0673 e. The van der Waals surface area contributed by atoms with E-state index in [0.717, 1.165) is 19.0 Å². The van der Waals surface area contributed by atoms with E-state index in [1.54, 1.807) is 0 Å². The molecule has 3 heteroatoms. The zero-order valence-electron chi connectivity index (χ0n) is 9.15. The van der Waals surface area contributed by atoms with Crippen molar-refractivity contribution < 1.29 is 0 Å². The maximum atomic E-state index is 5.88. The van der Waals surface area contributed by atoms with Crippen LogP contribution in [0.4, 0.5) is 0 Å². The van der Waals surface area contributed by atoms with Crippen molar-refractivity contribution in [3.05, 3.63) is 17.5 Å². The van der Waals surface area contributed by atoms with Crippen molar-refractivity contribution in [3.63, 3.8) is 0 Å². The van der Waals surface area contributed by atoms with Gasteiger partial charge in [0.15, 0.2) is 0 Å². The third kappa shape index (κ3) is 1.49. The van der Waals surface area contributed by atoms with Gasteiger partial charge in [0.05, 0.1) is 5.69 Å². The molecule has 1 aliphatic heterocycles. The molecule has 1 aromatic rings. The van der Waals surface area contributed by atoms with E-state index < -0.39 is 0 Å². The van der Waals surface area contributed by atoms with Crippen LogP contribution >= 0.6 is 0 Å². The van der Waals surface area contributed by atoms with Crippen LogP contribution in [0.2, 0.25) is 0 Å². The van der Waals surface area contributed by atoms with Crippen LogP contribution in [-0.2, 0) is 13.0 Å². The summed E-state index contributed by atoms with van der Waals surface area (Å²) in [6.45, 7) is 1.87. The Morgan fingerprint density at radius 2 is 2.33 bits per heavy atom. The number of aryl methyl sites for hydroxylation is 2. The molecule has 1 aromatic heterocycles. The Morgan fingerprint density at radius 1 is 1.47 bits per heavy atom. The van der Waals surface area contributed by atoms with E-state index in [1.807, 2.05) is 0 Å². The van der Waals surface area contributed by atoms with Gasteiger partial charge in [0, 0.05) is 24.7 Å². The molecule has 0 radical (unpaired) electrons. The Morgan fingerprint density at radius 3 is 2.93 bits per heavy atom. The molecule has 82 valence electrons. The van der Waals surface area contributed by atoms with Gasteiger partial charge in [0.25, 0.3) is 0 Å². The second kappa shape index (κ2) is 3.63. The van der Waals surface area contributed by atoms with Gasteiger partial charge in [0.1, 0.15) is 0 Å². The molecular formula is C12H19N3. The number of nitrogens with two attached hydrogens (primary N) is 1. The fourth-order valence-corrected chi connectivity index (χ4v) is 2.86.